The van der Waals surface area contributed by atoms with Crippen LogP contribution in [0.15, 0.2) is 206 Å². The highest BCUT2D eigenvalue weighted by Crippen LogP contribution is 2.44. The van der Waals surface area contributed by atoms with Crippen molar-refractivity contribution in [3.63, 3.8) is 0 Å². The van der Waals surface area contributed by atoms with Gasteiger partial charge in [0.05, 0.1) is 43.0 Å². The van der Waals surface area contributed by atoms with Crippen LogP contribution in [0, 0.1) is 51.4 Å². The molecule has 0 amide bonds. The Labute approximate surface area is 589 Å². The number of benzene rings is 8. The molecule has 0 saturated heterocycles. The Morgan fingerprint density at radius 3 is 0.948 bits per heavy atom. The molecule has 0 radical (unpaired) electrons. The summed E-state index contributed by atoms with van der Waals surface area (Å²) in [5.74, 6) is 14.6. The smallest absolute Gasteiger partial charge is 0.114 e. The fourth-order valence-corrected chi connectivity index (χ4v) is 17.5. The van der Waals surface area contributed by atoms with E-state index in [0.717, 1.165) is 135 Å². The Morgan fingerprint density at radius 1 is 0.302 bits per heavy atom. The van der Waals surface area contributed by atoms with E-state index in [4.69, 9.17) is 17.5 Å². The van der Waals surface area contributed by atoms with Gasteiger partial charge < -0.3 is 9.80 Å². The molecule has 14 aromatic rings. The summed E-state index contributed by atoms with van der Waals surface area (Å²) >= 11 is 9.62. The van der Waals surface area contributed by atoms with Gasteiger partial charge in [0.15, 0.2) is 0 Å². The molecule has 0 aliphatic heterocycles. The third-order valence-corrected chi connectivity index (χ3v) is 23.2. The summed E-state index contributed by atoms with van der Waals surface area (Å²) in [6.45, 7) is 13.1. The fourth-order valence-electron chi connectivity index (χ4n) is 12.3. The lowest BCUT2D eigenvalue weighted by Gasteiger charge is -2.26. The number of aryl methyl sites for hydroxylation is 6. The van der Waals surface area contributed by atoms with Gasteiger partial charge in [0, 0.05) is 75.9 Å². The minimum atomic E-state index is 0.926. The maximum Gasteiger partial charge on any atom is 0.114 e. The van der Waals surface area contributed by atoms with Crippen LogP contribution >= 0.6 is 68.8 Å². The van der Waals surface area contributed by atoms with Gasteiger partial charge in [-0.2, -0.15) is 17.5 Å². The molecule has 6 aromatic heterocycles. The van der Waals surface area contributed by atoms with E-state index in [0.29, 0.717) is 0 Å². The summed E-state index contributed by atoms with van der Waals surface area (Å²) in [4.78, 5) is 13.7. The van der Waals surface area contributed by atoms with Crippen molar-refractivity contribution in [2.75, 3.05) is 9.80 Å². The Balaban J connectivity index is 0.696. The van der Waals surface area contributed by atoms with Crippen LogP contribution in [0.5, 0.6) is 0 Å². The summed E-state index contributed by atoms with van der Waals surface area (Å²) in [7, 11) is 0. The van der Waals surface area contributed by atoms with E-state index in [-0.39, 0.29) is 0 Å². The standard InChI is InChI=1S/C84H72N6S6/c1-7-9-11-13-15-61-53-79(73-47-45-71(81-83(73)87-95-85-81)59-25-37-67(38-26-59)89(63-29-17-55(3)18-30-63)64-31-19-56(4)20-32-64)93-75(61)49-41-69-43-51-77(91-69)78-52-44-70(92-78)42-50-76-62(16-14-12-10-8-2)54-80(94-76)74-48-46-72(82-84(74)88-96-86-82)60-27-39-68(40-28-60)90(65-33-21-57(5)22-34-65)66-35-23-58(6)24-36-66/h17-40,43-48,51-54H,7-16H2,1-6H3. The van der Waals surface area contributed by atoms with Crippen LogP contribution in [-0.2, 0) is 12.8 Å². The molecular weight excluding hydrogens is 1290 g/mol. The van der Waals surface area contributed by atoms with E-state index < -0.39 is 0 Å². The maximum atomic E-state index is 4.95. The number of unbranched alkanes of at least 4 members (excludes halogenated alkanes) is 6. The second kappa shape index (κ2) is 29.5. The van der Waals surface area contributed by atoms with Gasteiger partial charge in [-0.25, -0.2) is 0 Å². The van der Waals surface area contributed by atoms with Crippen LogP contribution in [0.1, 0.15) is 118 Å². The normalized spacial score (nSPS) is 11.3. The second-order valence-electron chi connectivity index (χ2n) is 24.7. The fraction of sp³-hybridized carbons (Fsp3) is 0.190. The predicted octanol–water partition coefficient (Wildman–Crippen LogP) is 25.5. The molecule has 0 atom stereocenters. The van der Waals surface area contributed by atoms with Gasteiger partial charge in [0.2, 0.25) is 0 Å². The van der Waals surface area contributed by atoms with Gasteiger partial charge in [0.1, 0.15) is 22.1 Å². The number of rotatable bonds is 21. The van der Waals surface area contributed by atoms with Crippen molar-refractivity contribution in [3.05, 3.63) is 259 Å². The molecule has 0 aliphatic rings. The van der Waals surface area contributed by atoms with Crippen molar-refractivity contribution in [2.45, 2.75) is 106 Å². The largest absolute Gasteiger partial charge is 0.311 e. The van der Waals surface area contributed by atoms with E-state index in [1.165, 1.54) is 115 Å². The van der Waals surface area contributed by atoms with Gasteiger partial charge in [-0.1, -0.05) is 172 Å². The van der Waals surface area contributed by atoms with Crippen LogP contribution in [-0.4, -0.2) is 17.5 Å². The van der Waals surface area contributed by atoms with Gasteiger partial charge >= 0.3 is 0 Å². The number of aromatic nitrogens is 4. The Morgan fingerprint density at radius 2 is 0.615 bits per heavy atom. The highest BCUT2D eigenvalue weighted by Gasteiger charge is 2.22. The first-order valence-corrected chi connectivity index (χ1v) is 37.9. The third-order valence-electron chi connectivity index (χ3n) is 17.7. The van der Waals surface area contributed by atoms with E-state index in [1.54, 1.807) is 45.3 Å². The summed E-state index contributed by atoms with van der Waals surface area (Å²) in [5, 5.41) is 0. The molecule has 0 spiro atoms. The number of hydrogen-bond acceptors (Lipinski definition) is 12. The minimum absolute atomic E-state index is 0.926. The third kappa shape index (κ3) is 14.2. The lowest BCUT2D eigenvalue weighted by Crippen LogP contribution is -2.09. The van der Waals surface area contributed by atoms with Crippen molar-refractivity contribution in [3.8, 4) is 76.6 Å². The van der Waals surface area contributed by atoms with Crippen molar-refractivity contribution in [1.82, 2.24) is 17.5 Å². The molecule has 6 heterocycles. The first-order chi connectivity index (χ1) is 47.1. The maximum absolute atomic E-state index is 4.95. The molecule has 0 unspecified atom stereocenters. The van der Waals surface area contributed by atoms with E-state index in [1.807, 2.05) is 0 Å². The lowest BCUT2D eigenvalue weighted by atomic mass is 9.99. The SMILES string of the molecule is CCCCCCc1cc(-c2ccc(-c3ccc(N(c4ccc(C)cc4)c4ccc(C)cc4)cc3)c3nsnc23)sc1C#Cc1ccc(-c2ccc(C#Cc3sc(-c4ccc(-c5ccc(N(c6ccc(C)cc6)c6ccc(C)cc6)cc5)c5nsnc45)cc3CCCCCC)s2)s1. The molecule has 0 aliphatic carbocycles. The molecule has 12 heteroatoms. The summed E-state index contributed by atoms with van der Waals surface area (Å²) in [6.07, 6.45) is 11.5. The van der Waals surface area contributed by atoms with E-state index in [2.05, 4.69) is 281 Å². The summed E-state index contributed by atoms with van der Waals surface area (Å²) < 4.78 is 19.8. The Kier molecular flexibility index (Phi) is 19.8. The highest BCUT2D eigenvalue weighted by atomic mass is 32.1. The van der Waals surface area contributed by atoms with Crippen LogP contribution in [0.4, 0.5) is 34.1 Å². The molecule has 0 N–H and O–H groups in total. The minimum Gasteiger partial charge on any atom is -0.311 e. The van der Waals surface area contributed by atoms with Crippen molar-refractivity contribution in [1.29, 1.82) is 0 Å². The molecule has 8 aromatic carbocycles. The molecule has 96 heavy (non-hydrogen) atoms. The average molecular weight is 1360 g/mol. The van der Waals surface area contributed by atoms with Crippen molar-refractivity contribution in [2.24, 2.45) is 0 Å². The van der Waals surface area contributed by atoms with E-state index >= 15 is 0 Å². The molecule has 14 rings (SSSR count). The number of nitrogens with zero attached hydrogens (tertiary/aromatic N) is 6. The van der Waals surface area contributed by atoms with Crippen molar-refractivity contribution < 1.29 is 0 Å². The quantitative estimate of drug-likeness (QED) is 0.0528. The second-order valence-corrected chi connectivity index (χ2v) is 30.1. The average Bonchev–Trinajstić information content (AvgIpc) is 1.62. The van der Waals surface area contributed by atoms with Gasteiger partial charge in [-0.05, 0) is 209 Å². The lowest BCUT2D eigenvalue weighted by molar-refractivity contribution is 0.667. The van der Waals surface area contributed by atoms with Crippen LogP contribution in [0.25, 0.3) is 75.0 Å². The number of anilines is 6. The molecule has 6 nitrogen and oxygen atoms in total. The first kappa shape index (κ1) is 64.3. The number of thiophene rings is 4. The summed E-state index contributed by atoms with van der Waals surface area (Å²) in [5.41, 5.74) is 24.5. The van der Waals surface area contributed by atoms with E-state index in [9.17, 15) is 0 Å². The molecular formula is C84H72N6S6. The zero-order valence-corrected chi connectivity index (χ0v) is 59.7. The zero-order chi connectivity index (χ0) is 65.5. The van der Waals surface area contributed by atoms with Gasteiger partial charge in [0.25, 0.3) is 0 Å². The molecule has 0 fully saturated rings. The summed E-state index contributed by atoms with van der Waals surface area (Å²) in [6, 6.07) is 75.1. The zero-order valence-electron chi connectivity index (χ0n) is 54.8. The predicted molar refractivity (Wildman–Crippen MR) is 416 cm³/mol. The topological polar surface area (TPSA) is 58.0 Å². The van der Waals surface area contributed by atoms with Crippen molar-refractivity contribution >= 4 is 125 Å². The number of fused-ring (bicyclic) bond motifs is 2. The molecule has 474 valence electrons. The van der Waals surface area contributed by atoms with Crippen LogP contribution in [0.3, 0.4) is 0 Å². The van der Waals surface area contributed by atoms with Crippen LogP contribution < -0.4 is 9.80 Å². The highest BCUT2D eigenvalue weighted by molar-refractivity contribution is 7.22. The Hall–Kier alpha value is -9.08. The first-order valence-electron chi connectivity index (χ1n) is 33.2. The van der Waals surface area contributed by atoms with Gasteiger partial charge in [-0.3, -0.25) is 0 Å². The number of hydrogen-bond donors (Lipinski definition) is 0. The molecule has 0 saturated carbocycles. The molecule has 0 bridgehead atoms. The van der Waals surface area contributed by atoms with Crippen LogP contribution in [0.2, 0.25) is 0 Å². The monoisotopic (exact) mass is 1360 g/mol. The van der Waals surface area contributed by atoms with Gasteiger partial charge in [-0.15, -0.1) is 45.3 Å². The Bertz CT molecular complexity index is 4720.